The number of hydrogen-bond acceptors (Lipinski definition) is 3. The van der Waals surface area contributed by atoms with Crippen LogP contribution in [-0.2, 0) is 6.42 Å². The van der Waals surface area contributed by atoms with Crippen LogP contribution in [0.25, 0.3) is 0 Å². The van der Waals surface area contributed by atoms with Crippen molar-refractivity contribution in [1.29, 1.82) is 5.26 Å². The molecule has 3 nitrogen and oxygen atoms in total. The summed E-state index contributed by atoms with van der Waals surface area (Å²) in [5.41, 5.74) is 8.34. The molecule has 3 atom stereocenters. The third-order valence-electron chi connectivity index (χ3n) is 5.59. The lowest BCUT2D eigenvalue weighted by Gasteiger charge is -2.24. The van der Waals surface area contributed by atoms with Crippen molar-refractivity contribution in [3.05, 3.63) is 65.0 Å². The molecule has 0 fully saturated rings. The molecule has 0 saturated heterocycles. The van der Waals surface area contributed by atoms with Gasteiger partial charge >= 0.3 is 0 Å². The summed E-state index contributed by atoms with van der Waals surface area (Å²) in [6, 6.07) is 14.8. The predicted octanol–water partition coefficient (Wildman–Crippen LogP) is 5.14. The Balaban J connectivity index is 1.83. The van der Waals surface area contributed by atoms with Gasteiger partial charge in [-0.05, 0) is 61.4 Å². The van der Waals surface area contributed by atoms with Gasteiger partial charge in [-0.2, -0.15) is 5.26 Å². The Hall–Kier alpha value is -2.38. The first-order valence-electron chi connectivity index (χ1n) is 9.81. The third kappa shape index (κ3) is 4.31. The second-order valence-electron chi connectivity index (χ2n) is 7.39. The zero-order valence-corrected chi connectivity index (χ0v) is 15.8. The predicted molar refractivity (Wildman–Crippen MR) is 105 cm³/mol. The van der Waals surface area contributed by atoms with E-state index in [1.165, 1.54) is 11.6 Å². The zero-order valence-electron chi connectivity index (χ0n) is 15.8. The second-order valence-corrected chi connectivity index (χ2v) is 7.39. The van der Waals surface area contributed by atoms with E-state index >= 15 is 0 Å². The van der Waals surface area contributed by atoms with Crippen LogP contribution in [0.15, 0.2) is 42.5 Å². The molecule has 0 aliphatic heterocycles. The summed E-state index contributed by atoms with van der Waals surface area (Å²) in [5.74, 6) is 0.628. The summed E-state index contributed by atoms with van der Waals surface area (Å²) >= 11 is 0. The van der Waals surface area contributed by atoms with Crippen molar-refractivity contribution in [3.63, 3.8) is 0 Å². The van der Waals surface area contributed by atoms with Crippen LogP contribution in [0, 0.1) is 29.0 Å². The largest absolute Gasteiger partial charge is 0.484 e. The molecule has 0 amide bonds. The van der Waals surface area contributed by atoms with Crippen LogP contribution in [0.3, 0.4) is 0 Å². The van der Waals surface area contributed by atoms with Gasteiger partial charge in [0.2, 0.25) is 0 Å². The first-order valence-corrected chi connectivity index (χ1v) is 9.81. The highest BCUT2D eigenvalue weighted by atomic mass is 19.1. The van der Waals surface area contributed by atoms with Crippen molar-refractivity contribution in [2.45, 2.75) is 45.1 Å². The van der Waals surface area contributed by atoms with Crippen LogP contribution in [-0.4, -0.2) is 6.54 Å². The minimum atomic E-state index is -0.538. The minimum absolute atomic E-state index is 0.0218. The molecule has 1 aliphatic rings. The number of ether oxygens (including phenoxy) is 1. The molecule has 2 aromatic carbocycles. The average Bonchev–Trinajstić information content (AvgIpc) is 3.03. The van der Waals surface area contributed by atoms with Gasteiger partial charge < -0.3 is 10.5 Å². The molecule has 0 bridgehead atoms. The highest BCUT2D eigenvalue weighted by molar-refractivity contribution is 5.45. The first-order chi connectivity index (χ1) is 13.2. The van der Waals surface area contributed by atoms with Gasteiger partial charge in [0.1, 0.15) is 29.3 Å². The molecular weight excluding hydrogens is 339 g/mol. The van der Waals surface area contributed by atoms with E-state index in [-0.39, 0.29) is 11.7 Å². The minimum Gasteiger partial charge on any atom is -0.484 e. The van der Waals surface area contributed by atoms with Crippen LogP contribution >= 0.6 is 0 Å². The van der Waals surface area contributed by atoms with Crippen molar-refractivity contribution in [3.8, 4) is 11.8 Å². The van der Waals surface area contributed by atoms with E-state index in [9.17, 15) is 9.65 Å². The van der Waals surface area contributed by atoms with Crippen molar-refractivity contribution >= 4 is 0 Å². The summed E-state index contributed by atoms with van der Waals surface area (Å²) in [6.07, 6.45) is 5.15. The summed E-state index contributed by atoms with van der Waals surface area (Å²) in [6.45, 7) is 2.90. The molecule has 0 spiro atoms. The van der Waals surface area contributed by atoms with Gasteiger partial charge in [0.05, 0.1) is 0 Å². The molecular formula is C23H27FN2O. The van der Waals surface area contributed by atoms with Crippen LogP contribution in [0.5, 0.6) is 5.75 Å². The monoisotopic (exact) mass is 366 g/mol. The molecule has 27 heavy (non-hydrogen) atoms. The smallest absolute Gasteiger partial charge is 0.144 e. The van der Waals surface area contributed by atoms with Gasteiger partial charge in [-0.25, -0.2) is 4.39 Å². The van der Waals surface area contributed by atoms with E-state index in [4.69, 9.17) is 10.5 Å². The van der Waals surface area contributed by atoms with Gasteiger partial charge in [0.15, 0.2) is 0 Å². The van der Waals surface area contributed by atoms with Crippen LogP contribution in [0.2, 0.25) is 0 Å². The number of nitrogens with zero attached hydrogens (tertiary/aromatic N) is 1. The molecule has 4 heteroatoms. The van der Waals surface area contributed by atoms with Gasteiger partial charge in [-0.1, -0.05) is 43.7 Å². The number of nitrogens with two attached hydrogens (primary N) is 1. The van der Waals surface area contributed by atoms with Crippen LogP contribution < -0.4 is 10.5 Å². The SMILES string of the molecule is CCCC(CN)CC[C@@H]1Cc2ccccc2C1Oc1cccc(F)c1C#N. The fourth-order valence-electron chi connectivity index (χ4n) is 4.14. The van der Waals surface area contributed by atoms with Gasteiger partial charge in [0.25, 0.3) is 0 Å². The Morgan fingerprint density at radius 1 is 1.22 bits per heavy atom. The van der Waals surface area contributed by atoms with Gasteiger partial charge in [-0.15, -0.1) is 0 Å². The molecule has 0 saturated carbocycles. The van der Waals surface area contributed by atoms with Gasteiger partial charge in [0, 0.05) is 5.92 Å². The Morgan fingerprint density at radius 3 is 2.78 bits per heavy atom. The molecule has 0 radical (unpaired) electrons. The van der Waals surface area contributed by atoms with E-state index in [0.717, 1.165) is 37.7 Å². The average molecular weight is 366 g/mol. The Morgan fingerprint density at radius 2 is 2.04 bits per heavy atom. The van der Waals surface area contributed by atoms with Crippen molar-refractivity contribution in [2.24, 2.45) is 17.6 Å². The number of nitriles is 1. The standard InChI is InChI=1S/C23H27FN2O/c1-2-6-16(14-25)11-12-18-13-17-7-3-4-8-19(17)23(18)27-22-10-5-9-21(24)20(22)15-26/h3-5,7-10,16,18,23H,2,6,11-14,25H2,1H3/t16?,18-,23?/m1/s1. The highest BCUT2D eigenvalue weighted by Crippen LogP contribution is 2.42. The van der Waals surface area contributed by atoms with E-state index < -0.39 is 5.82 Å². The zero-order chi connectivity index (χ0) is 19.2. The van der Waals surface area contributed by atoms with Crippen LogP contribution in [0.1, 0.15) is 55.4 Å². The summed E-state index contributed by atoms with van der Waals surface area (Å²) in [5, 5.41) is 9.32. The number of benzene rings is 2. The maximum atomic E-state index is 14.0. The lowest BCUT2D eigenvalue weighted by atomic mass is 9.90. The maximum Gasteiger partial charge on any atom is 0.144 e. The molecule has 142 valence electrons. The van der Waals surface area contributed by atoms with Crippen molar-refractivity contribution in [1.82, 2.24) is 0 Å². The molecule has 2 aromatic rings. The maximum absolute atomic E-state index is 14.0. The fraction of sp³-hybridized carbons (Fsp3) is 0.435. The van der Waals surface area contributed by atoms with E-state index in [1.54, 1.807) is 12.1 Å². The summed E-state index contributed by atoms with van der Waals surface area (Å²) < 4.78 is 20.2. The van der Waals surface area contributed by atoms with E-state index in [0.29, 0.717) is 24.1 Å². The van der Waals surface area contributed by atoms with Crippen molar-refractivity contribution in [2.75, 3.05) is 6.54 Å². The van der Waals surface area contributed by atoms with Crippen LogP contribution in [0.4, 0.5) is 4.39 Å². The molecule has 0 aromatic heterocycles. The highest BCUT2D eigenvalue weighted by Gasteiger charge is 2.34. The first kappa shape index (κ1) is 19.4. The second kappa shape index (κ2) is 9.01. The molecule has 2 unspecified atom stereocenters. The Kier molecular flexibility index (Phi) is 6.47. The number of hydrogen-bond donors (Lipinski definition) is 1. The lowest BCUT2D eigenvalue weighted by molar-refractivity contribution is 0.137. The molecule has 1 aliphatic carbocycles. The van der Waals surface area contributed by atoms with E-state index in [2.05, 4.69) is 19.1 Å². The van der Waals surface area contributed by atoms with E-state index in [1.807, 2.05) is 18.2 Å². The Labute approximate surface area is 161 Å². The third-order valence-corrected chi connectivity index (χ3v) is 5.59. The summed E-state index contributed by atoms with van der Waals surface area (Å²) in [7, 11) is 0. The number of fused-ring (bicyclic) bond motifs is 1. The molecule has 3 rings (SSSR count). The fourth-order valence-corrected chi connectivity index (χ4v) is 4.14. The molecule has 2 N–H and O–H groups in total. The Bertz CT molecular complexity index is 814. The lowest BCUT2D eigenvalue weighted by Crippen LogP contribution is -2.19. The quantitative estimate of drug-likeness (QED) is 0.703. The van der Waals surface area contributed by atoms with Crippen molar-refractivity contribution < 1.29 is 9.13 Å². The normalized spacial score (nSPS) is 19.3. The number of rotatable bonds is 8. The number of halogens is 1. The van der Waals surface area contributed by atoms with Gasteiger partial charge in [-0.3, -0.25) is 0 Å². The topological polar surface area (TPSA) is 59.0 Å². The molecule has 0 heterocycles. The summed E-state index contributed by atoms with van der Waals surface area (Å²) in [4.78, 5) is 0.